The molecule has 0 saturated carbocycles. The number of anilines is 1. The minimum Gasteiger partial charge on any atom is -0.508 e. The van der Waals surface area contributed by atoms with E-state index in [0.29, 0.717) is 31.7 Å². The van der Waals surface area contributed by atoms with E-state index in [1.54, 1.807) is 42.5 Å². The summed E-state index contributed by atoms with van der Waals surface area (Å²) in [6.45, 7) is 8.65. The molecule has 200 valence electrons. The molecule has 9 heteroatoms. The van der Waals surface area contributed by atoms with Crippen LogP contribution in [-0.2, 0) is 15.4 Å². The van der Waals surface area contributed by atoms with Crippen molar-refractivity contribution in [2.45, 2.75) is 26.2 Å². The predicted octanol–water partition coefficient (Wildman–Crippen LogP) is 4.01. The molecule has 0 aliphatic carbocycles. The van der Waals surface area contributed by atoms with E-state index in [0.717, 1.165) is 28.6 Å². The number of phenolic OH excluding ortho intramolecular Hbond substituents is 1. The molecule has 4 rings (SSSR count). The molecule has 0 atom stereocenters. The average Bonchev–Trinajstić information content (AvgIpc) is 2.87. The van der Waals surface area contributed by atoms with Gasteiger partial charge >= 0.3 is 0 Å². The second-order valence-corrected chi connectivity index (χ2v) is 12.4. The molecule has 38 heavy (non-hydrogen) atoms. The molecule has 0 spiro atoms. The van der Waals surface area contributed by atoms with Crippen molar-refractivity contribution >= 4 is 27.5 Å². The van der Waals surface area contributed by atoms with Crippen molar-refractivity contribution in [3.8, 4) is 16.9 Å². The third-order valence-electron chi connectivity index (χ3n) is 6.57. The van der Waals surface area contributed by atoms with Gasteiger partial charge in [0.25, 0.3) is 11.8 Å². The summed E-state index contributed by atoms with van der Waals surface area (Å²) in [7, 11) is -3.63. The lowest BCUT2D eigenvalue weighted by molar-refractivity contribution is 0.0746. The van der Waals surface area contributed by atoms with E-state index in [2.05, 4.69) is 31.7 Å². The first-order chi connectivity index (χ1) is 17.8. The third kappa shape index (κ3) is 6.52. The van der Waals surface area contributed by atoms with E-state index >= 15 is 0 Å². The van der Waals surface area contributed by atoms with Gasteiger partial charge in [-0.25, -0.2) is 13.1 Å². The maximum absolute atomic E-state index is 13.6. The highest BCUT2D eigenvalue weighted by Gasteiger charge is 2.25. The first kappa shape index (κ1) is 27.2. The number of nitrogens with one attached hydrogen (secondary N) is 1. The molecular weight excluding hydrogens is 502 g/mol. The summed E-state index contributed by atoms with van der Waals surface area (Å²) >= 11 is 0. The molecule has 1 fully saturated rings. The van der Waals surface area contributed by atoms with Gasteiger partial charge in [-0.15, -0.1) is 0 Å². The third-order valence-corrected chi connectivity index (χ3v) is 7.12. The van der Waals surface area contributed by atoms with Crippen LogP contribution in [0, 0.1) is 0 Å². The molecule has 0 bridgehead atoms. The zero-order valence-electron chi connectivity index (χ0n) is 22.1. The Hall–Kier alpha value is -3.85. The Morgan fingerprint density at radius 1 is 0.842 bits per heavy atom. The molecule has 0 aromatic heterocycles. The van der Waals surface area contributed by atoms with E-state index in [-0.39, 0.29) is 22.6 Å². The zero-order valence-corrected chi connectivity index (χ0v) is 22.9. The predicted molar refractivity (Wildman–Crippen MR) is 149 cm³/mol. The molecule has 1 aliphatic heterocycles. The summed E-state index contributed by atoms with van der Waals surface area (Å²) in [5.41, 5.74) is 4.39. The first-order valence-electron chi connectivity index (χ1n) is 12.4. The van der Waals surface area contributed by atoms with Gasteiger partial charge in [-0.05, 0) is 70.6 Å². The number of piperazine rings is 1. The molecule has 3 aromatic rings. The number of hydrogen-bond donors (Lipinski definition) is 2. The second-order valence-electron chi connectivity index (χ2n) is 10.6. The van der Waals surface area contributed by atoms with Crippen molar-refractivity contribution in [3.63, 3.8) is 0 Å². The Bertz CT molecular complexity index is 1450. The van der Waals surface area contributed by atoms with Gasteiger partial charge in [0.2, 0.25) is 10.0 Å². The van der Waals surface area contributed by atoms with Crippen LogP contribution in [0.2, 0.25) is 0 Å². The number of hydrogen-bond acceptors (Lipinski definition) is 6. The Kier molecular flexibility index (Phi) is 7.51. The number of rotatable bonds is 5. The second kappa shape index (κ2) is 10.5. The lowest BCUT2D eigenvalue weighted by atomic mass is 9.84. The molecule has 2 N–H and O–H groups in total. The zero-order chi connectivity index (χ0) is 27.7. The SMILES string of the molecule is CC(C)(C)c1cc(C(=O)N2CCN(c3ccc(C(=O)NS(C)(=O)=O)cc3)CC2)cc(-c2cccc(O)c2)c1. The van der Waals surface area contributed by atoms with E-state index in [1.807, 2.05) is 27.8 Å². The molecule has 1 aliphatic rings. The summed E-state index contributed by atoms with van der Waals surface area (Å²) < 4.78 is 24.6. The highest BCUT2D eigenvalue weighted by molar-refractivity contribution is 7.89. The van der Waals surface area contributed by atoms with Crippen LogP contribution >= 0.6 is 0 Å². The van der Waals surface area contributed by atoms with Gasteiger partial charge < -0.3 is 14.9 Å². The lowest BCUT2D eigenvalue weighted by Crippen LogP contribution is -2.48. The smallest absolute Gasteiger partial charge is 0.264 e. The van der Waals surface area contributed by atoms with Crippen LogP contribution in [0.15, 0.2) is 66.7 Å². The highest BCUT2D eigenvalue weighted by atomic mass is 32.2. The summed E-state index contributed by atoms with van der Waals surface area (Å²) in [4.78, 5) is 29.6. The van der Waals surface area contributed by atoms with Crippen LogP contribution < -0.4 is 9.62 Å². The molecule has 2 amide bonds. The number of benzene rings is 3. The maximum Gasteiger partial charge on any atom is 0.264 e. The van der Waals surface area contributed by atoms with Crippen LogP contribution in [0.1, 0.15) is 47.1 Å². The van der Waals surface area contributed by atoms with Crippen LogP contribution in [0.5, 0.6) is 5.75 Å². The van der Waals surface area contributed by atoms with Crippen LogP contribution in [0.25, 0.3) is 11.1 Å². The van der Waals surface area contributed by atoms with Crippen molar-refractivity contribution in [1.82, 2.24) is 9.62 Å². The van der Waals surface area contributed by atoms with E-state index < -0.39 is 15.9 Å². The van der Waals surface area contributed by atoms with Crippen molar-refractivity contribution in [3.05, 3.63) is 83.4 Å². The summed E-state index contributed by atoms with van der Waals surface area (Å²) in [5.74, 6) is -0.529. The van der Waals surface area contributed by atoms with Crippen molar-refractivity contribution in [1.29, 1.82) is 0 Å². The van der Waals surface area contributed by atoms with Gasteiger partial charge in [-0.1, -0.05) is 39.0 Å². The van der Waals surface area contributed by atoms with E-state index in [9.17, 15) is 23.1 Å². The van der Waals surface area contributed by atoms with Gasteiger partial charge in [-0.2, -0.15) is 0 Å². The fraction of sp³-hybridized carbons (Fsp3) is 0.310. The summed E-state index contributed by atoms with van der Waals surface area (Å²) in [6, 6.07) is 19.7. The Balaban J connectivity index is 1.48. The molecule has 3 aromatic carbocycles. The standard InChI is InChI=1S/C29H33N3O5S/c1-29(2,3)24-17-22(21-6-5-7-26(33)19-21)16-23(18-24)28(35)32-14-12-31(13-15-32)25-10-8-20(9-11-25)27(34)30-38(4,36)37/h5-11,16-19,33H,12-15H2,1-4H3,(H,30,34). The number of phenols is 1. The Morgan fingerprint density at radius 3 is 2.08 bits per heavy atom. The van der Waals surface area contributed by atoms with E-state index in [4.69, 9.17) is 0 Å². The summed E-state index contributed by atoms with van der Waals surface area (Å²) in [5, 5.41) is 9.97. The minimum absolute atomic E-state index is 0.0371. The Morgan fingerprint density at radius 2 is 1.50 bits per heavy atom. The van der Waals surface area contributed by atoms with Crippen molar-refractivity contribution in [2.24, 2.45) is 0 Å². The molecule has 0 unspecified atom stereocenters. The quantitative estimate of drug-likeness (QED) is 0.511. The van der Waals surface area contributed by atoms with E-state index in [1.165, 1.54) is 0 Å². The summed E-state index contributed by atoms with van der Waals surface area (Å²) in [6.07, 6.45) is 0.937. The number of sulfonamides is 1. The van der Waals surface area contributed by atoms with Gasteiger partial charge in [0.15, 0.2) is 0 Å². The number of amides is 2. The normalized spacial score (nSPS) is 14.3. The van der Waals surface area contributed by atoms with Crippen molar-refractivity contribution in [2.75, 3.05) is 37.3 Å². The fourth-order valence-electron chi connectivity index (χ4n) is 4.44. The Labute approximate surface area is 224 Å². The van der Waals surface area contributed by atoms with Gasteiger partial charge in [0.1, 0.15) is 5.75 Å². The largest absolute Gasteiger partial charge is 0.508 e. The topological polar surface area (TPSA) is 107 Å². The molecular formula is C29H33N3O5S. The van der Waals surface area contributed by atoms with Crippen LogP contribution in [0.4, 0.5) is 5.69 Å². The van der Waals surface area contributed by atoms with Crippen LogP contribution in [-0.4, -0.2) is 62.7 Å². The average molecular weight is 536 g/mol. The molecule has 0 radical (unpaired) electrons. The monoisotopic (exact) mass is 535 g/mol. The van der Waals surface area contributed by atoms with Gasteiger partial charge in [-0.3, -0.25) is 9.59 Å². The molecule has 8 nitrogen and oxygen atoms in total. The van der Waals surface area contributed by atoms with Crippen LogP contribution in [0.3, 0.4) is 0 Å². The van der Waals surface area contributed by atoms with Crippen molar-refractivity contribution < 1.29 is 23.1 Å². The van der Waals surface area contributed by atoms with Gasteiger partial charge in [0, 0.05) is 43.0 Å². The lowest BCUT2D eigenvalue weighted by Gasteiger charge is -2.36. The number of nitrogens with zero attached hydrogens (tertiary/aromatic N) is 2. The highest BCUT2D eigenvalue weighted by Crippen LogP contribution is 2.31. The number of aromatic hydroxyl groups is 1. The number of carbonyl (C=O) groups excluding carboxylic acids is 2. The molecule has 1 saturated heterocycles. The molecule has 1 heterocycles. The first-order valence-corrected chi connectivity index (χ1v) is 14.3. The fourth-order valence-corrected chi connectivity index (χ4v) is 4.89. The van der Waals surface area contributed by atoms with Gasteiger partial charge in [0.05, 0.1) is 6.26 Å². The number of carbonyl (C=O) groups is 2. The maximum atomic E-state index is 13.6. The minimum atomic E-state index is -3.63.